The number of rotatable bonds is 7. The van der Waals surface area contributed by atoms with Gasteiger partial charge in [-0.05, 0) is 17.7 Å². The van der Waals surface area contributed by atoms with Crippen LogP contribution in [-0.2, 0) is 28.5 Å². The topological polar surface area (TPSA) is 168 Å². The van der Waals surface area contributed by atoms with Gasteiger partial charge in [-0.1, -0.05) is 36.4 Å². The number of epoxide rings is 1. The molecule has 1 saturated carbocycles. The molecule has 5 rings (SSSR count). The smallest absolute Gasteiger partial charge is 0.330 e. The molecule has 3 aliphatic heterocycles. The van der Waals surface area contributed by atoms with Crippen LogP contribution in [0.3, 0.4) is 0 Å². The Hall–Kier alpha value is -2.19. The Kier molecular flexibility index (Phi) is 6.79. The maximum absolute atomic E-state index is 12.1. The molecule has 3 fully saturated rings. The number of fused-ring (bicyclic) bond motifs is 3. The largest absolute Gasteiger partial charge is 0.460 e. The molecule has 35 heavy (non-hydrogen) atoms. The van der Waals surface area contributed by atoms with Crippen LogP contribution in [0.2, 0.25) is 0 Å². The molecule has 1 aliphatic carbocycles. The van der Waals surface area contributed by atoms with Crippen LogP contribution in [-0.4, -0.2) is 106 Å². The molecule has 2 saturated heterocycles. The maximum atomic E-state index is 12.1. The predicted molar refractivity (Wildman–Crippen MR) is 116 cm³/mol. The van der Waals surface area contributed by atoms with Crippen LogP contribution < -0.4 is 0 Å². The lowest BCUT2D eigenvalue weighted by Gasteiger charge is -2.41. The van der Waals surface area contributed by atoms with Gasteiger partial charge in [0.2, 0.25) is 0 Å². The first-order chi connectivity index (χ1) is 16.8. The molecule has 0 aromatic heterocycles. The second kappa shape index (κ2) is 9.69. The fourth-order valence-electron chi connectivity index (χ4n) is 4.83. The Labute approximate surface area is 200 Å². The average Bonchev–Trinajstić information content (AvgIpc) is 3.58. The summed E-state index contributed by atoms with van der Waals surface area (Å²) in [5.74, 6) is -1.06. The fourth-order valence-corrected chi connectivity index (χ4v) is 4.83. The molecule has 0 radical (unpaired) electrons. The number of ether oxygens (including phenoxy) is 5. The van der Waals surface area contributed by atoms with Gasteiger partial charge in [-0.2, -0.15) is 0 Å². The first-order valence-electron chi connectivity index (χ1n) is 11.4. The van der Waals surface area contributed by atoms with Gasteiger partial charge in [0.1, 0.15) is 42.7 Å². The van der Waals surface area contributed by atoms with Gasteiger partial charge in [-0.3, -0.25) is 0 Å². The first kappa shape index (κ1) is 24.5. The van der Waals surface area contributed by atoms with E-state index < -0.39 is 73.5 Å². The van der Waals surface area contributed by atoms with Crippen molar-refractivity contribution in [1.82, 2.24) is 0 Å². The second-order valence-corrected chi connectivity index (χ2v) is 9.05. The van der Waals surface area contributed by atoms with E-state index in [2.05, 4.69) is 0 Å². The quantitative estimate of drug-likeness (QED) is 0.130. The minimum atomic E-state index is -1.63. The van der Waals surface area contributed by atoms with E-state index in [-0.39, 0.29) is 12.5 Å². The SMILES string of the molecule is O=C(C=Cc1ccccc1)OCC1OC(OC2C=CC3C(O2)C2OC2(CO)C3O)C(O)C(O)C1O. The minimum Gasteiger partial charge on any atom is -0.460 e. The first-order valence-corrected chi connectivity index (χ1v) is 11.4. The van der Waals surface area contributed by atoms with Crippen molar-refractivity contribution >= 4 is 12.0 Å². The standard InChI is InChI=1S/C24H28O11/c25-11-24-21(30)13-7-9-16(33-20(13)22(24)35-24)34-23-19(29)18(28)17(27)14(32-23)10-31-15(26)8-6-12-4-2-1-3-5-12/h1-9,13-14,16-23,25,27-30H,10-11H2. The highest BCUT2D eigenvalue weighted by Gasteiger charge is 2.74. The van der Waals surface area contributed by atoms with Gasteiger partial charge in [0.15, 0.2) is 12.6 Å². The summed E-state index contributed by atoms with van der Waals surface area (Å²) in [6, 6.07) is 9.12. The third-order valence-corrected chi connectivity index (χ3v) is 6.88. The van der Waals surface area contributed by atoms with E-state index in [0.717, 1.165) is 5.56 Å². The third-order valence-electron chi connectivity index (χ3n) is 6.88. The molecule has 11 atom stereocenters. The van der Waals surface area contributed by atoms with Crippen LogP contribution in [0.25, 0.3) is 6.08 Å². The minimum absolute atomic E-state index is 0.343. The van der Waals surface area contributed by atoms with Crippen molar-refractivity contribution in [3.63, 3.8) is 0 Å². The Morgan fingerprint density at radius 3 is 2.54 bits per heavy atom. The van der Waals surface area contributed by atoms with Gasteiger partial charge in [0.25, 0.3) is 0 Å². The van der Waals surface area contributed by atoms with Crippen molar-refractivity contribution in [3.05, 3.63) is 54.1 Å². The highest BCUT2D eigenvalue weighted by atomic mass is 16.8. The van der Waals surface area contributed by atoms with Crippen LogP contribution in [0, 0.1) is 5.92 Å². The number of aliphatic hydroxyl groups excluding tert-OH is 5. The van der Waals surface area contributed by atoms with Crippen molar-refractivity contribution < 1.29 is 54.0 Å². The zero-order chi connectivity index (χ0) is 24.7. The normalized spacial score (nSPS) is 44.1. The Morgan fingerprint density at radius 2 is 1.80 bits per heavy atom. The second-order valence-electron chi connectivity index (χ2n) is 9.05. The van der Waals surface area contributed by atoms with E-state index in [4.69, 9.17) is 23.7 Å². The van der Waals surface area contributed by atoms with Gasteiger partial charge >= 0.3 is 5.97 Å². The summed E-state index contributed by atoms with van der Waals surface area (Å²) in [6.45, 7) is -0.736. The summed E-state index contributed by atoms with van der Waals surface area (Å²) in [7, 11) is 0. The number of carbonyl (C=O) groups excluding carboxylic acids is 1. The van der Waals surface area contributed by atoms with E-state index in [9.17, 15) is 30.3 Å². The summed E-state index contributed by atoms with van der Waals surface area (Å²) in [6.07, 6.45) is -4.34. The molecule has 1 aromatic carbocycles. The Balaban J connectivity index is 1.17. The molecule has 1 aromatic rings. The van der Waals surface area contributed by atoms with E-state index in [1.54, 1.807) is 12.2 Å². The summed E-state index contributed by atoms with van der Waals surface area (Å²) in [5, 5.41) is 50.9. The molecule has 11 unspecified atom stereocenters. The van der Waals surface area contributed by atoms with Crippen LogP contribution >= 0.6 is 0 Å². The molecule has 11 nitrogen and oxygen atoms in total. The lowest BCUT2D eigenvalue weighted by Crippen LogP contribution is -2.60. The molecular formula is C24H28O11. The number of esters is 1. The Bertz CT molecular complexity index is 967. The fraction of sp³-hybridized carbons (Fsp3) is 0.542. The number of hydrogen-bond donors (Lipinski definition) is 5. The molecule has 0 spiro atoms. The number of carbonyl (C=O) groups is 1. The van der Waals surface area contributed by atoms with E-state index in [1.165, 1.54) is 12.2 Å². The van der Waals surface area contributed by atoms with Crippen molar-refractivity contribution in [1.29, 1.82) is 0 Å². The molecule has 190 valence electrons. The van der Waals surface area contributed by atoms with Gasteiger partial charge in [-0.25, -0.2) is 4.79 Å². The van der Waals surface area contributed by atoms with Crippen LogP contribution in [0.1, 0.15) is 5.56 Å². The highest BCUT2D eigenvalue weighted by molar-refractivity contribution is 5.87. The third kappa shape index (κ3) is 4.55. The molecule has 4 aliphatic rings. The van der Waals surface area contributed by atoms with E-state index in [0.29, 0.717) is 0 Å². The number of hydrogen-bond acceptors (Lipinski definition) is 11. The summed E-state index contributed by atoms with van der Waals surface area (Å²) in [5.41, 5.74) is -0.240. The maximum Gasteiger partial charge on any atom is 0.330 e. The molecule has 11 heteroatoms. The Morgan fingerprint density at radius 1 is 1.03 bits per heavy atom. The van der Waals surface area contributed by atoms with E-state index in [1.807, 2.05) is 30.3 Å². The van der Waals surface area contributed by atoms with Gasteiger partial charge in [-0.15, -0.1) is 0 Å². The average molecular weight is 492 g/mol. The number of benzene rings is 1. The van der Waals surface area contributed by atoms with Gasteiger partial charge in [0.05, 0.1) is 18.8 Å². The van der Waals surface area contributed by atoms with Gasteiger partial charge < -0.3 is 49.2 Å². The van der Waals surface area contributed by atoms with Gasteiger partial charge in [0, 0.05) is 12.0 Å². The zero-order valence-electron chi connectivity index (χ0n) is 18.6. The van der Waals surface area contributed by atoms with Crippen LogP contribution in [0.5, 0.6) is 0 Å². The monoisotopic (exact) mass is 492 g/mol. The summed E-state index contributed by atoms with van der Waals surface area (Å²) < 4.78 is 27.7. The lowest BCUT2D eigenvalue weighted by atomic mass is 9.97. The van der Waals surface area contributed by atoms with Crippen molar-refractivity contribution in [2.75, 3.05) is 13.2 Å². The molecule has 0 amide bonds. The van der Waals surface area contributed by atoms with E-state index >= 15 is 0 Å². The van der Waals surface area contributed by atoms with Crippen molar-refractivity contribution in [2.45, 2.75) is 60.9 Å². The lowest BCUT2D eigenvalue weighted by molar-refractivity contribution is -0.336. The van der Waals surface area contributed by atoms with Crippen molar-refractivity contribution in [2.24, 2.45) is 5.92 Å². The summed E-state index contributed by atoms with van der Waals surface area (Å²) in [4.78, 5) is 12.1. The molecule has 5 N–H and O–H groups in total. The molecule has 3 heterocycles. The molecule has 0 bridgehead atoms. The number of aliphatic hydroxyl groups is 5. The van der Waals surface area contributed by atoms with Crippen LogP contribution in [0.4, 0.5) is 0 Å². The summed E-state index contributed by atoms with van der Waals surface area (Å²) >= 11 is 0. The van der Waals surface area contributed by atoms with Crippen LogP contribution in [0.15, 0.2) is 48.6 Å². The van der Waals surface area contributed by atoms with Crippen molar-refractivity contribution in [3.8, 4) is 0 Å². The molecular weight excluding hydrogens is 464 g/mol. The predicted octanol–water partition coefficient (Wildman–Crippen LogP) is -1.53. The highest BCUT2D eigenvalue weighted by Crippen LogP contribution is 2.55. The zero-order valence-corrected chi connectivity index (χ0v) is 18.6.